The number of rotatable bonds is 3. The molecular formula is C15H14N4O. The summed E-state index contributed by atoms with van der Waals surface area (Å²) < 4.78 is 5.79. The number of fused-ring (bicyclic) bond motifs is 2. The van der Waals surface area contributed by atoms with Crippen molar-refractivity contribution in [2.24, 2.45) is 0 Å². The van der Waals surface area contributed by atoms with E-state index in [9.17, 15) is 0 Å². The van der Waals surface area contributed by atoms with Crippen LogP contribution in [0.4, 0.5) is 0 Å². The number of H-pyrrole nitrogens is 1. The maximum absolute atomic E-state index is 5.79. The molecular weight excluding hydrogens is 252 g/mol. The van der Waals surface area contributed by atoms with Crippen molar-refractivity contribution < 1.29 is 4.74 Å². The maximum Gasteiger partial charge on any atom is 0.245 e. The number of ether oxygens (including phenoxy) is 1. The lowest BCUT2D eigenvalue weighted by Gasteiger charge is -2.07. The van der Waals surface area contributed by atoms with Gasteiger partial charge in [-0.1, -0.05) is 18.2 Å². The van der Waals surface area contributed by atoms with Gasteiger partial charge in [0.15, 0.2) is 11.2 Å². The van der Waals surface area contributed by atoms with Gasteiger partial charge in [-0.3, -0.25) is 0 Å². The van der Waals surface area contributed by atoms with E-state index >= 15 is 0 Å². The molecule has 0 amide bonds. The molecule has 0 radical (unpaired) electrons. The minimum Gasteiger partial charge on any atom is -0.471 e. The molecule has 5 nitrogen and oxygen atoms in total. The molecule has 100 valence electrons. The Morgan fingerprint density at radius 3 is 3.05 bits per heavy atom. The highest BCUT2D eigenvalue weighted by Gasteiger charge is 2.12. The zero-order valence-electron chi connectivity index (χ0n) is 11.0. The van der Waals surface area contributed by atoms with Crippen LogP contribution in [0.3, 0.4) is 0 Å². The number of benzene rings is 1. The smallest absolute Gasteiger partial charge is 0.245 e. The number of imidazole rings is 1. The van der Waals surface area contributed by atoms with Crippen LogP contribution < -0.4 is 4.74 Å². The van der Waals surface area contributed by atoms with Crippen molar-refractivity contribution in [3.05, 3.63) is 47.5 Å². The van der Waals surface area contributed by atoms with Crippen LogP contribution in [0.15, 0.2) is 30.9 Å². The van der Waals surface area contributed by atoms with Gasteiger partial charge < -0.3 is 9.72 Å². The zero-order valence-corrected chi connectivity index (χ0v) is 11.0. The van der Waals surface area contributed by atoms with Crippen LogP contribution in [-0.4, -0.2) is 19.9 Å². The van der Waals surface area contributed by atoms with E-state index in [4.69, 9.17) is 4.74 Å². The second-order valence-corrected chi connectivity index (χ2v) is 5.02. The maximum atomic E-state index is 5.79. The molecule has 0 bridgehead atoms. The molecule has 4 rings (SSSR count). The SMILES string of the molecule is c1nc(OCc2ccc3c(c2)CCC3)c2nc[nH]c2n1. The summed E-state index contributed by atoms with van der Waals surface area (Å²) in [6.45, 7) is 0.506. The minimum absolute atomic E-state index is 0.506. The molecule has 1 N–H and O–H groups in total. The van der Waals surface area contributed by atoms with Crippen molar-refractivity contribution >= 4 is 11.2 Å². The van der Waals surface area contributed by atoms with Gasteiger partial charge in [0.1, 0.15) is 12.9 Å². The lowest BCUT2D eigenvalue weighted by Crippen LogP contribution is -1.99. The molecule has 1 aliphatic rings. The summed E-state index contributed by atoms with van der Waals surface area (Å²) >= 11 is 0. The average Bonchev–Trinajstić information content (AvgIpc) is 3.13. The van der Waals surface area contributed by atoms with Gasteiger partial charge in [0, 0.05) is 0 Å². The fraction of sp³-hybridized carbons (Fsp3) is 0.267. The number of nitrogens with one attached hydrogen (secondary N) is 1. The summed E-state index contributed by atoms with van der Waals surface area (Å²) in [6, 6.07) is 6.59. The molecule has 1 aliphatic carbocycles. The summed E-state index contributed by atoms with van der Waals surface area (Å²) in [7, 11) is 0. The molecule has 0 aliphatic heterocycles. The van der Waals surface area contributed by atoms with Crippen molar-refractivity contribution in [3.8, 4) is 5.88 Å². The normalized spacial score (nSPS) is 13.6. The van der Waals surface area contributed by atoms with E-state index in [1.807, 2.05) is 0 Å². The van der Waals surface area contributed by atoms with Crippen LogP contribution in [0.2, 0.25) is 0 Å². The van der Waals surface area contributed by atoms with E-state index in [0.717, 1.165) is 0 Å². The molecule has 1 aromatic carbocycles. The van der Waals surface area contributed by atoms with Crippen molar-refractivity contribution in [3.63, 3.8) is 0 Å². The Balaban J connectivity index is 1.57. The first kappa shape index (κ1) is 11.4. The highest BCUT2D eigenvalue weighted by Crippen LogP contribution is 2.24. The molecule has 0 fully saturated rings. The van der Waals surface area contributed by atoms with Gasteiger partial charge in [0.05, 0.1) is 6.33 Å². The zero-order chi connectivity index (χ0) is 13.4. The van der Waals surface area contributed by atoms with Gasteiger partial charge in [0.2, 0.25) is 5.88 Å². The third kappa shape index (κ3) is 1.91. The Morgan fingerprint density at radius 1 is 1.10 bits per heavy atom. The van der Waals surface area contributed by atoms with Crippen LogP contribution in [0.25, 0.3) is 11.2 Å². The van der Waals surface area contributed by atoms with Gasteiger partial charge in [-0.25, -0.2) is 9.97 Å². The van der Waals surface area contributed by atoms with E-state index in [-0.39, 0.29) is 0 Å². The standard InChI is InChI=1S/C15H14N4O/c1-2-11-5-4-10(6-12(11)3-1)7-20-15-13-14(17-8-16-13)18-9-19-15/h4-6,8-9H,1-3,7H2,(H,16,17,18,19). The molecule has 5 heteroatoms. The number of aryl methyl sites for hydroxylation is 2. The number of aromatic nitrogens is 4. The van der Waals surface area contributed by atoms with E-state index in [1.165, 1.54) is 42.3 Å². The summed E-state index contributed by atoms with van der Waals surface area (Å²) in [5, 5.41) is 0. The van der Waals surface area contributed by atoms with E-state index < -0.39 is 0 Å². The fourth-order valence-corrected chi connectivity index (χ4v) is 2.71. The van der Waals surface area contributed by atoms with Crippen LogP contribution in [0, 0.1) is 0 Å². The van der Waals surface area contributed by atoms with Crippen molar-refractivity contribution in [2.75, 3.05) is 0 Å². The Kier molecular flexibility index (Phi) is 2.62. The molecule has 0 spiro atoms. The van der Waals surface area contributed by atoms with Crippen LogP contribution >= 0.6 is 0 Å². The van der Waals surface area contributed by atoms with Gasteiger partial charge in [-0.2, -0.15) is 4.98 Å². The largest absolute Gasteiger partial charge is 0.471 e. The summed E-state index contributed by atoms with van der Waals surface area (Å²) in [5.74, 6) is 0.525. The second kappa shape index (κ2) is 4.59. The van der Waals surface area contributed by atoms with E-state index in [0.29, 0.717) is 23.7 Å². The van der Waals surface area contributed by atoms with Crippen LogP contribution in [0.1, 0.15) is 23.1 Å². The number of aromatic amines is 1. The van der Waals surface area contributed by atoms with E-state index in [1.54, 1.807) is 6.33 Å². The summed E-state index contributed by atoms with van der Waals surface area (Å²) in [5.41, 5.74) is 5.48. The Hall–Kier alpha value is -2.43. The number of hydrogen-bond acceptors (Lipinski definition) is 4. The molecule has 0 saturated carbocycles. The minimum atomic E-state index is 0.506. The lowest BCUT2D eigenvalue weighted by atomic mass is 10.1. The predicted octanol–water partition coefficient (Wildman–Crippen LogP) is 2.42. The van der Waals surface area contributed by atoms with Crippen LogP contribution in [0.5, 0.6) is 5.88 Å². The second-order valence-electron chi connectivity index (χ2n) is 5.02. The highest BCUT2D eigenvalue weighted by atomic mass is 16.5. The molecule has 0 atom stereocenters. The highest BCUT2D eigenvalue weighted by molar-refractivity contribution is 5.74. The first-order chi connectivity index (χ1) is 9.90. The Morgan fingerprint density at radius 2 is 2.05 bits per heavy atom. The summed E-state index contributed by atoms with van der Waals surface area (Å²) in [6.07, 6.45) is 6.73. The van der Waals surface area contributed by atoms with Crippen molar-refractivity contribution in [1.29, 1.82) is 0 Å². The number of hydrogen-bond donors (Lipinski definition) is 1. The van der Waals surface area contributed by atoms with Gasteiger partial charge in [-0.15, -0.1) is 0 Å². The fourth-order valence-electron chi connectivity index (χ4n) is 2.71. The van der Waals surface area contributed by atoms with Gasteiger partial charge >= 0.3 is 0 Å². The third-order valence-corrected chi connectivity index (χ3v) is 3.72. The quantitative estimate of drug-likeness (QED) is 0.790. The molecule has 20 heavy (non-hydrogen) atoms. The lowest BCUT2D eigenvalue weighted by molar-refractivity contribution is 0.297. The molecule has 0 unspecified atom stereocenters. The Labute approximate surface area is 116 Å². The Bertz CT molecular complexity index is 765. The monoisotopic (exact) mass is 266 g/mol. The summed E-state index contributed by atoms with van der Waals surface area (Å²) in [4.78, 5) is 15.4. The third-order valence-electron chi connectivity index (χ3n) is 3.72. The van der Waals surface area contributed by atoms with Gasteiger partial charge in [0.25, 0.3) is 0 Å². The topological polar surface area (TPSA) is 63.7 Å². The van der Waals surface area contributed by atoms with E-state index in [2.05, 4.69) is 38.1 Å². The molecule has 3 aromatic rings. The molecule has 2 heterocycles. The first-order valence-corrected chi connectivity index (χ1v) is 6.78. The van der Waals surface area contributed by atoms with Crippen LogP contribution in [-0.2, 0) is 19.4 Å². The predicted molar refractivity (Wildman–Crippen MR) is 74.5 cm³/mol. The van der Waals surface area contributed by atoms with Gasteiger partial charge in [-0.05, 0) is 36.0 Å². The average molecular weight is 266 g/mol. The molecule has 2 aromatic heterocycles. The molecule has 0 saturated heterocycles. The number of nitrogens with zero attached hydrogens (tertiary/aromatic N) is 3. The van der Waals surface area contributed by atoms with Crippen molar-refractivity contribution in [2.45, 2.75) is 25.9 Å². The van der Waals surface area contributed by atoms with Crippen molar-refractivity contribution in [1.82, 2.24) is 19.9 Å². The first-order valence-electron chi connectivity index (χ1n) is 6.78.